The molecule has 6 nitrogen and oxygen atoms in total. The number of nitrogens with one attached hydrogen (secondary N) is 2. The van der Waals surface area contributed by atoms with Gasteiger partial charge in [0.15, 0.2) is 0 Å². The molecule has 0 saturated carbocycles. The van der Waals surface area contributed by atoms with Gasteiger partial charge in [0.25, 0.3) is 0 Å². The highest BCUT2D eigenvalue weighted by Gasteiger charge is 2.20. The van der Waals surface area contributed by atoms with E-state index in [9.17, 15) is 13.2 Å². The van der Waals surface area contributed by atoms with Crippen molar-refractivity contribution < 1.29 is 17.9 Å². The Bertz CT molecular complexity index is 832. The van der Waals surface area contributed by atoms with E-state index in [0.29, 0.717) is 17.0 Å². The number of para-hydroxylation sites is 1. The van der Waals surface area contributed by atoms with Gasteiger partial charge in [0.1, 0.15) is 5.75 Å². The molecule has 7 heteroatoms. The Morgan fingerprint density at radius 2 is 1.76 bits per heavy atom. The Balaban J connectivity index is 2.17. The van der Waals surface area contributed by atoms with Crippen LogP contribution in [0.4, 0.5) is 5.69 Å². The van der Waals surface area contributed by atoms with Gasteiger partial charge in [-0.2, -0.15) is 0 Å². The number of hydrogen-bond donors (Lipinski definition) is 2. The summed E-state index contributed by atoms with van der Waals surface area (Å²) in [6, 6.07) is 13.7. The molecule has 2 aromatic rings. The number of amides is 1. The van der Waals surface area contributed by atoms with Crippen LogP contribution >= 0.6 is 0 Å². The van der Waals surface area contributed by atoms with Crippen molar-refractivity contribution in [2.24, 2.45) is 0 Å². The fourth-order valence-corrected chi connectivity index (χ4v) is 3.16. The summed E-state index contributed by atoms with van der Waals surface area (Å²) in [7, 11) is -1.92. The molecule has 0 aliphatic carbocycles. The number of hydrogen-bond acceptors (Lipinski definition) is 4. The fraction of sp³-hybridized carbons (Fsp3) is 0.278. The second-order valence-electron chi connectivity index (χ2n) is 5.78. The SMILES string of the molecule is COc1ccc(C(CC(=O)Nc2ccccc2C)NS(C)(=O)=O)cc1. The van der Waals surface area contributed by atoms with Crippen molar-refractivity contribution in [3.8, 4) is 5.75 Å². The number of anilines is 1. The molecule has 0 aromatic heterocycles. The van der Waals surface area contributed by atoms with Crippen LogP contribution in [0.3, 0.4) is 0 Å². The van der Waals surface area contributed by atoms with Gasteiger partial charge in [-0.3, -0.25) is 4.79 Å². The molecular weight excluding hydrogens is 340 g/mol. The molecule has 2 rings (SSSR count). The van der Waals surface area contributed by atoms with Gasteiger partial charge in [0, 0.05) is 12.1 Å². The molecular formula is C18H22N2O4S. The molecule has 2 N–H and O–H groups in total. The number of sulfonamides is 1. The van der Waals surface area contributed by atoms with E-state index in [0.717, 1.165) is 11.8 Å². The van der Waals surface area contributed by atoms with E-state index in [1.165, 1.54) is 0 Å². The van der Waals surface area contributed by atoms with E-state index in [2.05, 4.69) is 10.0 Å². The first-order valence-corrected chi connectivity index (χ1v) is 9.64. The number of ether oxygens (including phenoxy) is 1. The maximum atomic E-state index is 12.4. The molecule has 0 heterocycles. The van der Waals surface area contributed by atoms with Crippen molar-refractivity contribution in [3.05, 3.63) is 59.7 Å². The molecule has 0 saturated heterocycles. The topological polar surface area (TPSA) is 84.5 Å². The van der Waals surface area contributed by atoms with Crippen LogP contribution < -0.4 is 14.8 Å². The molecule has 0 aliphatic rings. The summed E-state index contributed by atoms with van der Waals surface area (Å²) in [6.07, 6.45) is 1.05. The first-order chi connectivity index (χ1) is 11.8. The van der Waals surface area contributed by atoms with Crippen LogP contribution in [-0.4, -0.2) is 27.7 Å². The largest absolute Gasteiger partial charge is 0.497 e. The van der Waals surface area contributed by atoms with E-state index >= 15 is 0 Å². The maximum Gasteiger partial charge on any atom is 0.226 e. The zero-order valence-corrected chi connectivity index (χ0v) is 15.3. The van der Waals surface area contributed by atoms with Crippen LogP contribution in [0.5, 0.6) is 5.75 Å². The van der Waals surface area contributed by atoms with E-state index in [4.69, 9.17) is 4.74 Å². The van der Waals surface area contributed by atoms with Crippen LogP contribution in [0.2, 0.25) is 0 Å². The maximum absolute atomic E-state index is 12.4. The van der Waals surface area contributed by atoms with Crippen LogP contribution in [0.15, 0.2) is 48.5 Å². The molecule has 2 aromatic carbocycles. The van der Waals surface area contributed by atoms with Gasteiger partial charge in [-0.25, -0.2) is 13.1 Å². The highest BCUT2D eigenvalue weighted by atomic mass is 32.2. The third-order valence-corrected chi connectivity index (χ3v) is 4.40. The molecule has 1 atom stereocenters. The van der Waals surface area contributed by atoms with Crippen molar-refractivity contribution in [3.63, 3.8) is 0 Å². The third-order valence-electron chi connectivity index (χ3n) is 3.68. The third kappa shape index (κ3) is 5.88. The van der Waals surface area contributed by atoms with Gasteiger partial charge >= 0.3 is 0 Å². The van der Waals surface area contributed by atoms with Gasteiger partial charge < -0.3 is 10.1 Å². The molecule has 0 spiro atoms. The minimum atomic E-state index is -3.48. The van der Waals surface area contributed by atoms with Gasteiger partial charge in [-0.05, 0) is 36.2 Å². The first kappa shape index (κ1) is 19.0. The normalized spacial score (nSPS) is 12.4. The lowest BCUT2D eigenvalue weighted by Crippen LogP contribution is -2.30. The summed E-state index contributed by atoms with van der Waals surface area (Å²) in [5, 5.41) is 2.82. The van der Waals surface area contributed by atoms with Crippen molar-refractivity contribution in [2.75, 3.05) is 18.7 Å². The molecule has 25 heavy (non-hydrogen) atoms. The summed E-state index contributed by atoms with van der Waals surface area (Å²) in [6.45, 7) is 1.89. The van der Waals surface area contributed by atoms with Crippen molar-refractivity contribution in [2.45, 2.75) is 19.4 Å². The van der Waals surface area contributed by atoms with Crippen LogP contribution in [-0.2, 0) is 14.8 Å². The fourth-order valence-electron chi connectivity index (χ4n) is 2.42. The average Bonchev–Trinajstić information content (AvgIpc) is 2.55. The predicted octanol–water partition coefficient (Wildman–Crippen LogP) is 2.62. The predicted molar refractivity (Wildman–Crippen MR) is 98.1 cm³/mol. The Labute approximate surface area is 148 Å². The van der Waals surface area contributed by atoms with Crippen LogP contribution in [0, 0.1) is 6.92 Å². The number of methoxy groups -OCH3 is 1. The quantitative estimate of drug-likeness (QED) is 0.793. The van der Waals surface area contributed by atoms with Gasteiger partial charge in [-0.1, -0.05) is 30.3 Å². The van der Waals surface area contributed by atoms with Crippen molar-refractivity contribution in [1.82, 2.24) is 4.72 Å². The number of carbonyl (C=O) groups is 1. The number of aryl methyl sites for hydroxylation is 1. The Morgan fingerprint density at radius 3 is 2.32 bits per heavy atom. The average molecular weight is 362 g/mol. The lowest BCUT2D eigenvalue weighted by Gasteiger charge is -2.18. The molecule has 0 radical (unpaired) electrons. The van der Waals surface area contributed by atoms with Crippen LogP contribution in [0.1, 0.15) is 23.6 Å². The van der Waals surface area contributed by atoms with E-state index < -0.39 is 16.1 Å². The molecule has 0 aliphatic heterocycles. The summed E-state index contributed by atoms with van der Waals surface area (Å²) in [5.41, 5.74) is 2.33. The van der Waals surface area contributed by atoms with Gasteiger partial charge in [-0.15, -0.1) is 0 Å². The highest BCUT2D eigenvalue weighted by molar-refractivity contribution is 7.88. The second kappa shape index (κ2) is 8.13. The molecule has 1 unspecified atom stereocenters. The zero-order valence-electron chi connectivity index (χ0n) is 14.4. The van der Waals surface area contributed by atoms with Crippen molar-refractivity contribution >= 4 is 21.6 Å². The van der Waals surface area contributed by atoms with Gasteiger partial charge in [0.05, 0.1) is 19.4 Å². The summed E-state index contributed by atoms with van der Waals surface area (Å²) in [5.74, 6) is 0.387. The van der Waals surface area contributed by atoms with E-state index in [1.54, 1.807) is 37.4 Å². The minimum absolute atomic E-state index is 0.0201. The summed E-state index contributed by atoms with van der Waals surface area (Å²) >= 11 is 0. The lowest BCUT2D eigenvalue weighted by molar-refractivity contribution is -0.116. The lowest BCUT2D eigenvalue weighted by atomic mass is 10.0. The van der Waals surface area contributed by atoms with Gasteiger partial charge in [0.2, 0.25) is 15.9 Å². The summed E-state index contributed by atoms with van der Waals surface area (Å²) in [4.78, 5) is 12.4. The number of rotatable bonds is 7. The molecule has 134 valence electrons. The number of carbonyl (C=O) groups excluding carboxylic acids is 1. The first-order valence-electron chi connectivity index (χ1n) is 7.75. The second-order valence-corrected chi connectivity index (χ2v) is 7.56. The number of benzene rings is 2. The summed E-state index contributed by atoms with van der Waals surface area (Å²) < 4.78 is 30.9. The Kier molecular flexibility index (Phi) is 6.17. The van der Waals surface area contributed by atoms with E-state index in [1.807, 2.05) is 25.1 Å². The Hall–Kier alpha value is -2.38. The molecule has 0 fully saturated rings. The van der Waals surface area contributed by atoms with Crippen molar-refractivity contribution in [1.29, 1.82) is 0 Å². The minimum Gasteiger partial charge on any atom is -0.497 e. The molecule has 0 bridgehead atoms. The van der Waals surface area contributed by atoms with Crippen LogP contribution in [0.25, 0.3) is 0 Å². The van der Waals surface area contributed by atoms with E-state index in [-0.39, 0.29) is 12.3 Å². The smallest absolute Gasteiger partial charge is 0.226 e. The molecule has 1 amide bonds. The monoisotopic (exact) mass is 362 g/mol. The highest BCUT2D eigenvalue weighted by Crippen LogP contribution is 2.22. The Morgan fingerprint density at radius 1 is 1.12 bits per heavy atom. The standard InChI is InChI=1S/C18H22N2O4S/c1-13-6-4-5-7-16(13)19-18(21)12-17(20-25(3,22)23)14-8-10-15(24-2)11-9-14/h4-11,17,20H,12H2,1-3H3,(H,19,21). The zero-order chi connectivity index (χ0) is 18.4.